The van der Waals surface area contributed by atoms with Crippen molar-refractivity contribution in [2.75, 3.05) is 0 Å². The quantitative estimate of drug-likeness (QED) is 0.667. The number of halogens is 1. The van der Waals surface area contributed by atoms with Crippen molar-refractivity contribution in [2.45, 2.75) is 56.6 Å². The van der Waals surface area contributed by atoms with E-state index < -0.39 is 0 Å². The number of rotatable bonds is 0. The Morgan fingerprint density at radius 3 is 2.60 bits per heavy atom. The molecule has 0 saturated heterocycles. The van der Waals surface area contributed by atoms with Crippen LogP contribution in [-0.4, -0.2) is 27.2 Å². The van der Waals surface area contributed by atoms with Gasteiger partial charge in [-0.25, -0.2) is 0 Å². The smallest absolute Gasteiger partial charge is 0.0697 e. The fourth-order valence-corrected chi connectivity index (χ4v) is 4.50. The number of hydrogen-bond acceptors (Lipinski definition) is 2. The van der Waals surface area contributed by atoms with Gasteiger partial charge in [-0.2, -0.15) is 0 Å². The molecule has 0 bridgehead atoms. The van der Waals surface area contributed by atoms with Gasteiger partial charge in [-0.1, -0.05) is 36.2 Å². The van der Waals surface area contributed by atoms with E-state index in [4.69, 9.17) is 0 Å². The summed E-state index contributed by atoms with van der Waals surface area (Å²) in [5, 5.41) is 20.3. The predicted molar refractivity (Wildman–Crippen MR) is 64.0 cm³/mol. The van der Waals surface area contributed by atoms with Crippen molar-refractivity contribution in [1.82, 2.24) is 0 Å². The highest BCUT2D eigenvalue weighted by Gasteiger charge is 2.53. The molecule has 0 aromatic heterocycles. The maximum atomic E-state index is 10.2. The first kappa shape index (κ1) is 11.9. The molecule has 0 heterocycles. The summed E-state index contributed by atoms with van der Waals surface area (Å²) >= 11 is 3.57. The molecule has 15 heavy (non-hydrogen) atoms. The van der Waals surface area contributed by atoms with E-state index in [0.717, 1.165) is 19.3 Å². The summed E-state index contributed by atoms with van der Waals surface area (Å²) in [6, 6.07) is 0. The summed E-state index contributed by atoms with van der Waals surface area (Å²) in [5.41, 5.74) is -0.0814. The minimum atomic E-state index is -0.320. The van der Waals surface area contributed by atoms with Crippen LogP contribution in [0.1, 0.15) is 39.5 Å². The summed E-state index contributed by atoms with van der Waals surface area (Å²) < 4.78 is 0. The first-order valence-corrected chi connectivity index (χ1v) is 6.89. The normalized spacial score (nSPS) is 56.2. The molecule has 2 aliphatic carbocycles. The molecule has 0 unspecified atom stereocenters. The van der Waals surface area contributed by atoms with Crippen LogP contribution in [0.15, 0.2) is 0 Å². The molecule has 0 aromatic rings. The van der Waals surface area contributed by atoms with Crippen molar-refractivity contribution in [3.8, 4) is 0 Å². The van der Waals surface area contributed by atoms with Crippen molar-refractivity contribution in [2.24, 2.45) is 17.3 Å². The van der Waals surface area contributed by atoms with E-state index in [0.29, 0.717) is 5.92 Å². The van der Waals surface area contributed by atoms with E-state index in [1.807, 2.05) is 0 Å². The molecule has 2 nitrogen and oxygen atoms in total. The summed E-state index contributed by atoms with van der Waals surface area (Å²) in [5.74, 6) is 0.736. The fourth-order valence-electron chi connectivity index (χ4n) is 3.59. The van der Waals surface area contributed by atoms with Crippen LogP contribution in [0.4, 0.5) is 0 Å². The van der Waals surface area contributed by atoms with Gasteiger partial charge in [-0.3, -0.25) is 0 Å². The van der Waals surface area contributed by atoms with Crippen molar-refractivity contribution >= 4 is 15.9 Å². The van der Waals surface area contributed by atoms with Crippen LogP contribution >= 0.6 is 15.9 Å². The van der Waals surface area contributed by atoms with E-state index in [1.165, 1.54) is 6.42 Å². The minimum absolute atomic E-state index is 0.0814. The molecule has 6 atom stereocenters. The van der Waals surface area contributed by atoms with Crippen LogP contribution in [0.5, 0.6) is 0 Å². The largest absolute Gasteiger partial charge is 0.393 e. The van der Waals surface area contributed by atoms with Crippen LogP contribution in [0, 0.1) is 17.3 Å². The van der Waals surface area contributed by atoms with Crippen LogP contribution < -0.4 is 0 Å². The Kier molecular flexibility index (Phi) is 3.17. The molecule has 3 heteroatoms. The lowest BCUT2D eigenvalue weighted by atomic mass is 9.54. The van der Waals surface area contributed by atoms with Crippen LogP contribution in [0.3, 0.4) is 0 Å². The second kappa shape index (κ2) is 4.01. The Morgan fingerprint density at radius 2 is 1.93 bits per heavy atom. The maximum absolute atomic E-state index is 10.2. The molecule has 2 N–H and O–H groups in total. The Hall–Kier alpha value is 0.400. The van der Waals surface area contributed by atoms with Gasteiger partial charge in [-0.15, -0.1) is 0 Å². The maximum Gasteiger partial charge on any atom is 0.0697 e. The van der Waals surface area contributed by atoms with Gasteiger partial charge in [-0.05, 0) is 31.1 Å². The van der Waals surface area contributed by atoms with Crippen LogP contribution in [-0.2, 0) is 0 Å². The fraction of sp³-hybridized carbons (Fsp3) is 1.00. The molecule has 0 radical (unpaired) electrons. The Morgan fingerprint density at radius 1 is 1.27 bits per heavy atom. The SMILES string of the molecule is C[C@@H]1[C@H](O)[C@H](Br)C[C@H]2CCC[C@@H](O)[C@]21C. The Labute approximate surface area is 100 Å². The van der Waals surface area contributed by atoms with E-state index >= 15 is 0 Å². The number of alkyl halides is 1. The summed E-state index contributed by atoms with van der Waals surface area (Å²) in [6.07, 6.45) is 3.67. The first-order valence-electron chi connectivity index (χ1n) is 5.98. The highest BCUT2D eigenvalue weighted by atomic mass is 79.9. The molecular formula is C12H21BrO2. The standard InChI is InChI=1S/C12H21BrO2/c1-7-11(15)9(13)6-8-4-3-5-10(14)12(7,8)2/h7-11,14-15H,3-6H2,1-2H3/t7-,8-,9-,10-,11+,12+/m1/s1. The number of aliphatic hydroxyl groups is 2. The Bertz CT molecular complexity index is 242. The summed E-state index contributed by atoms with van der Waals surface area (Å²) in [4.78, 5) is 0.205. The van der Waals surface area contributed by atoms with E-state index in [2.05, 4.69) is 29.8 Å². The van der Waals surface area contributed by atoms with E-state index in [-0.39, 0.29) is 28.4 Å². The highest BCUT2D eigenvalue weighted by Crippen LogP contribution is 2.54. The van der Waals surface area contributed by atoms with Crippen LogP contribution in [0.2, 0.25) is 0 Å². The number of aliphatic hydroxyl groups excluding tert-OH is 2. The molecule has 2 saturated carbocycles. The van der Waals surface area contributed by atoms with Gasteiger partial charge in [0.05, 0.1) is 12.2 Å². The third-order valence-corrected chi connectivity index (χ3v) is 5.92. The molecule has 0 spiro atoms. The van der Waals surface area contributed by atoms with Gasteiger partial charge < -0.3 is 10.2 Å². The number of fused-ring (bicyclic) bond motifs is 1. The molecule has 0 amide bonds. The Balaban J connectivity index is 2.28. The van der Waals surface area contributed by atoms with Gasteiger partial charge in [0.15, 0.2) is 0 Å². The van der Waals surface area contributed by atoms with Crippen molar-refractivity contribution in [3.63, 3.8) is 0 Å². The minimum Gasteiger partial charge on any atom is -0.393 e. The summed E-state index contributed by atoms with van der Waals surface area (Å²) in [7, 11) is 0. The second-order valence-electron chi connectivity index (χ2n) is 5.54. The third-order valence-electron chi connectivity index (χ3n) is 5.00. The zero-order chi connectivity index (χ0) is 11.2. The number of hydrogen-bond donors (Lipinski definition) is 2. The molecule has 2 aliphatic rings. The lowest BCUT2D eigenvalue weighted by Crippen LogP contribution is -2.56. The van der Waals surface area contributed by atoms with E-state index in [1.54, 1.807) is 0 Å². The molecule has 0 aliphatic heterocycles. The third kappa shape index (κ3) is 1.67. The van der Waals surface area contributed by atoms with Gasteiger partial charge in [0.25, 0.3) is 0 Å². The second-order valence-corrected chi connectivity index (χ2v) is 6.72. The average Bonchev–Trinajstić information content (AvgIpc) is 2.20. The van der Waals surface area contributed by atoms with Gasteiger partial charge in [0.1, 0.15) is 0 Å². The molecule has 0 aromatic carbocycles. The van der Waals surface area contributed by atoms with Crippen molar-refractivity contribution in [1.29, 1.82) is 0 Å². The van der Waals surface area contributed by atoms with Crippen molar-refractivity contribution in [3.05, 3.63) is 0 Å². The molecular weight excluding hydrogens is 256 g/mol. The van der Waals surface area contributed by atoms with Gasteiger partial charge >= 0.3 is 0 Å². The predicted octanol–water partition coefficient (Wildman–Crippen LogP) is 2.32. The zero-order valence-corrected chi connectivity index (χ0v) is 11.1. The van der Waals surface area contributed by atoms with Gasteiger partial charge in [0.2, 0.25) is 0 Å². The first-order chi connectivity index (χ1) is 6.98. The molecule has 88 valence electrons. The molecule has 2 fully saturated rings. The summed E-state index contributed by atoms with van der Waals surface area (Å²) in [6.45, 7) is 4.24. The monoisotopic (exact) mass is 276 g/mol. The lowest BCUT2D eigenvalue weighted by Gasteiger charge is -2.55. The van der Waals surface area contributed by atoms with Crippen molar-refractivity contribution < 1.29 is 10.2 Å². The topological polar surface area (TPSA) is 40.5 Å². The highest BCUT2D eigenvalue weighted by molar-refractivity contribution is 9.09. The zero-order valence-electron chi connectivity index (χ0n) is 9.49. The molecule has 2 rings (SSSR count). The van der Waals surface area contributed by atoms with E-state index in [9.17, 15) is 10.2 Å². The lowest BCUT2D eigenvalue weighted by molar-refractivity contribution is -0.134. The average molecular weight is 277 g/mol. The van der Waals surface area contributed by atoms with Gasteiger partial charge in [0, 0.05) is 10.2 Å². The van der Waals surface area contributed by atoms with Crippen LogP contribution in [0.25, 0.3) is 0 Å².